The maximum Gasteiger partial charge on any atom is 0.242 e. The molecule has 1 fully saturated rings. The highest BCUT2D eigenvalue weighted by Crippen LogP contribution is 2.33. The molecule has 7 nitrogen and oxygen atoms in total. The van der Waals surface area contributed by atoms with Crippen LogP contribution in [0.4, 0.5) is 0 Å². The molecule has 1 aromatic carbocycles. The molecule has 0 saturated heterocycles. The number of carbonyl (C=O) groups excluding carboxylic acids is 2. The molecule has 0 atom stereocenters. The molecule has 0 spiro atoms. The van der Waals surface area contributed by atoms with Gasteiger partial charge in [0.2, 0.25) is 18.6 Å². The highest BCUT2D eigenvalue weighted by Gasteiger charge is 2.36. The van der Waals surface area contributed by atoms with E-state index in [2.05, 4.69) is 0 Å². The maximum atomic E-state index is 13.4. The van der Waals surface area contributed by atoms with Crippen molar-refractivity contribution >= 4 is 11.8 Å². The topological polar surface area (TPSA) is 72.2 Å². The fraction of sp³-hybridized carbons (Fsp3) is 0.500. The van der Waals surface area contributed by atoms with E-state index in [-0.39, 0.29) is 36.6 Å². The zero-order valence-electron chi connectivity index (χ0n) is 18.4. The van der Waals surface area contributed by atoms with Gasteiger partial charge in [0.05, 0.1) is 12.8 Å². The van der Waals surface area contributed by atoms with Crippen molar-refractivity contribution in [3.63, 3.8) is 0 Å². The first kappa shape index (κ1) is 21.3. The Balaban J connectivity index is 1.49. The molecule has 166 valence electrons. The van der Waals surface area contributed by atoms with Crippen LogP contribution in [0.3, 0.4) is 0 Å². The Morgan fingerprint density at radius 3 is 2.48 bits per heavy atom. The number of fused-ring (bicyclic) bond motifs is 1. The van der Waals surface area contributed by atoms with Crippen LogP contribution in [0.15, 0.2) is 41.0 Å². The van der Waals surface area contributed by atoms with E-state index in [1.165, 1.54) is 0 Å². The smallest absolute Gasteiger partial charge is 0.242 e. The molecule has 2 amide bonds. The molecule has 1 aromatic heterocycles. The van der Waals surface area contributed by atoms with Gasteiger partial charge in [0, 0.05) is 19.0 Å². The summed E-state index contributed by atoms with van der Waals surface area (Å²) in [5.41, 5.74) is 0.816. The summed E-state index contributed by atoms with van der Waals surface area (Å²) in [7, 11) is 0. The third kappa shape index (κ3) is 5.60. The summed E-state index contributed by atoms with van der Waals surface area (Å²) in [6, 6.07) is 9.52. The Morgan fingerprint density at radius 1 is 1.03 bits per heavy atom. The van der Waals surface area contributed by atoms with Gasteiger partial charge in [-0.15, -0.1) is 0 Å². The van der Waals surface area contributed by atoms with Gasteiger partial charge in [0.25, 0.3) is 0 Å². The minimum atomic E-state index is -0.117. The lowest BCUT2D eigenvalue weighted by molar-refractivity contribution is -0.143. The highest BCUT2D eigenvalue weighted by atomic mass is 16.7. The largest absolute Gasteiger partial charge is 0.467 e. The van der Waals surface area contributed by atoms with Gasteiger partial charge in [-0.05, 0) is 48.1 Å². The molecule has 1 aliphatic carbocycles. The van der Waals surface area contributed by atoms with Crippen molar-refractivity contribution in [1.29, 1.82) is 0 Å². The molecule has 7 heteroatoms. The van der Waals surface area contributed by atoms with Gasteiger partial charge in [0.1, 0.15) is 12.3 Å². The van der Waals surface area contributed by atoms with Crippen LogP contribution in [0, 0.1) is 5.41 Å². The van der Waals surface area contributed by atoms with Gasteiger partial charge >= 0.3 is 0 Å². The van der Waals surface area contributed by atoms with Gasteiger partial charge < -0.3 is 23.7 Å². The third-order valence-corrected chi connectivity index (χ3v) is 5.39. The van der Waals surface area contributed by atoms with Gasteiger partial charge in [-0.3, -0.25) is 9.59 Å². The third-order valence-electron chi connectivity index (χ3n) is 5.39. The van der Waals surface area contributed by atoms with E-state index in [1.54, 1.807) is 16.1 Å². The number of hydrogen-bond acceptors (Lipinski definition) is 5. The molecule has 0 radical (unpaired) electrons. The van der Waals surface area contributed by atoms with Crippen molar-refractivity contribution in [2.45, 2.75) is 59.2 Å². The van der Waals surface area contributed by atoms with E-state index < -0.39 is 0 Å². The molecule has 0 N–H and O–H groups in total. The van der Waals surface area contributed by atoms with Crippen molar-refractivity contribution in [3.05, 3.63) is 47.9 Å². The van der Waals surface area contributed by atoms with Crippen molar-refractivity contribution in [2.24, 2.45) is 5.41 Å². The van der Waals surface area contributed by atoms with Crippen LogP contribution < -0.4 is 9.47 Å². The van der Waals surface area contributed by atoms with Crippen LogP contribution in [0.2, 0.25) is 0 Å². The molecule has 2 aromatic rings. The summed E-state index contributed by atoms with van der Waals surface area (Å²) in [6.07, 6.45) is 3.95. The molecular formula is C24H30N2O5. The number of amides is 2. The summed E-state index contributed by atoms with van der Waals surface area (Å²) in [5, 5.41) is 0. The number of carbonyl (C=O) groups is 2. The Bertz CT molecular complexity index is 928. The molecule has 1 aliphatic heterocycles. The first-order chi connectivity index (χ1) is 14.8. The zero-order valence-corrected chi connectivity index (χ0v) is 18.4. The van der Waals surface area contributed by atoms with Crippen molar-refractivity contribution in [2.75, 3.05) is 13.3 Å². The van der Waals surface area contributed by atoms with Crippen LogP contribution in [0.1, 0.15) is 51.4 Å². The average Bonchev–Trinajstić information content (AvgIpc) is 3.20. The van der Waals surface area contributed by atoms with Crippen LogP contribution >= 0.6 is 0 Å². The molecule has 2 aliphatic rings. The quantitative estimate of drug-likeness (QED) is 0.639. The standard InChI is InChI=1S/C24H30N2O5/c1-24(2,3)12-22(27)26(18-7-8-18)15-23(28)25(14-19-5-4-10-29-19)13-17-6-9-20-21(11-17)31-16-30-20/h4-6,9-11,18H,7-8,12-16H2,1-3H3. The Hall–Kier alpha value is -2.96. The van der Waals surface area contributed by atoms with Crippen LogP contribution in [-0.4, -0.2) is 41.0 Å². The number of nitrogens with zero attached hydrogens (tertiary/aromatic N) is 2. The molecule has 0 bridgehead atoms. The van der Waals surface area contributed by atoms with E-state index in [1.807, 2.05) is 51.1 Å². The van der Waals surface area contributed by atoms with Crippen LogP contribution in [-0.2, 0) is 22.7 Å². The number of benzene rings is 1. The Labute approximate surface area is 182 Å². The summed E-state index contributed by atoms with van der Waals surface area (Å²) < 4.78 is 16.3. The summed E-state index contributed by atoms with van der Waals surface area (Å²) in [5.74, 6) is 2.05. The first-order valence-electron chi connectivity index (χ1n) is 10.8. The fourth-order valence-electron chi connectivity index (χ4n) is 3.69. The fourth-order valence-corrected chi connectivity index (χ4v) is 3.69. The predicted octanol–water partition coefficient (Wildman–Crippen LogP) is 3.96. The normalized spacial score (nSPS) is 15.1. The monoisotopic (exact) mass is 426 g/mol. The highest BCUT2D eigenvalue weighted by molar-refractivity contribution is 5.85. The number of furan rings is 1. The van der Waals surface area contributed by atoms with Gasteiger partial charge in [-0.2, -0.15) is 0 Å². The molecule has 0 unspecified atom stereocenters. The van der Waals surface area contributed by atoms with Crippen molar-refractivity contribution in [1.82, 2.24) is 9.80 Å². The average molecular weight is 427 g/mol. The maximum absolute atomic E-state index is 13.4. The van der Waals surface area contributed by atoms with Crippen molar-refractivity contribution in [3.8, 4) is 11.5 Å². The molecule has 2 heterocycles. The number of rotatable bonds is 8. The second-order valence-electron chi connectivity index (χ2n) is 9.51. The SMILES string of the molecule is CC(C)(C)CC(=O)N(CC(=O)N(Cc1ccc2c(c1)OCO2)Cc1ccco1)C1CC1. The van der Waals surface area contributed by atoms with Gasteiger partial charge in [0.15, 0.2) is 11.5 Å². The number of hydrogen-bond donors (Lipinski definition) is 0. The van der Waals surface area contributed by atoms with Gasteiger partial charge in [-0.1, -0.05) is 26.8 Å². The second kappa shape index (κ2) is 8.65. The molecular weight excluding hydrogens is 396 g/mol. The van der Waals surface area contributed by atoms with Crippen LogP contribution in [0.5, 0.6) is 11.5 Å². The Kier molecular flexibility index (Phi) is 5.94. The van der Waals surface area contributed by atoms with E-state index in [0.717, 1.165) is 18.4 Å². The predicted molar refractivity (Wildman–Crippen MR) is 114 cm³/mol. The van der Waals surface area contributed by atoms with E-state index in [9.17, 15) is 9.59 Å². The minimum Gasteiger partial charge on any atom is -0.467 e. The minimum absolute atomic E-state index is 0.0457. The lowest BCUT2D eigenvalue weighted by atomic mass is 9.91. The van der Waals surface area contributed by atoms with Crippen LogP contribution in [0.25, 0.3) is 0 Å². The van der Waals surface area contributed by atoms with E-state index in [4.69, 9.17) is 13.9 Å². The van der Waals surface area contributed by atoms with Crippen molar-refractivity contribution < 1.29 is 23.5 Å². The van der Waals surface area contributed by atoms with E-state index >= 15 is 0 Å². The lowest BCUT2D eigenvalue weighted by Gasteiger charge is -2.29. The Morgan fingerprint density at radius 2 is 1.81 bits per heavy atom. The first-order valence-corrected chi connectivity index (χ1v) is 10.8. The summed E-state index contributed by atoms with van der Waals surface area (Å²) in [4.78, 5) is 29.8. The molecule has 4 rings (SSSR count). The molecule has 31 heavy (non-hydrogen) atoms. The lowest BCUT2D eigenvalue weighted by Crippen LogP contribution is -2.44. The van der Waals surface area contributed by atoms with Gasteiger partial charge in [-0.25, -0.2) is 0 Å². The second-order valence-corrected chi connectivity index (χ2v) is 9.51. The molecule has 1 saturated carbocycles. The zero-order chi connectivity index (χ0) is 22.0. The van der Waals surface area contributed by atoms with E-state index in [0.29, 0.717) is 36.8 Å². The number of ether oxygens (including phenoxy) is 2. The summed E-state index contributed by atoms with van der Waals surface area (Å²) in [6.45, 7) is 7.15. The summed E-state index contributed by atoms with van der Waals surface area (Å²) >= 11 is 0.